The maximum absolute atomic E-state index is 11.6. The van der Waals surface area contributed by atoms with Gasteiger partial charge in [-0.25, -0.2) is 5.43 Å². The van der Waals surface area contributed by atoms with Crippen LogP contribution in [0.1, 0.15) is 16.1 Å². The van der Waals surface area contributed by atoms with Gasteiger partial charge in [0.05, 0.1) is 17.5 Å². The number of benzene rings is 3. The first-order chi connectivity index (χ1) is 14.3. The van der Waals surface area contributed by atoms with Gasteiger partial charge in [-0.05, 0) is 24.3 Å². The summed E-state index contributed by atoms with van der Waals surface area (Å²) in [5.74, 6) is -0.522. The van der Waals surface area contributed by atoms with Gasteiger partial charge in [0.15, 0.2) is 0 Å². The number of halogens is 2. The maximum atomic E-state index is 11.6. The van der Waals surface area contributed by atoms with Crippen molar-refractivity contribution in [1.29, 1.82) is 0 Å². The second kappa shape index (κ2) is 20.2. The molecule has 0 radical (unpaired) electrons. The van der Waals surface area contributed by atoms with E-state index in [9.17, 15) is 9.90 Å². The number of nitrogens with one attached hydrogen (secondary N) is 2. The summed E-state index contributed by atoms with van der Waals surface area (Å²) in [5.41, 5.74) is 3.30. The molecule has 3 aromatic carbocycles. The Kier molecular flexibility index (Phi) is 19.8. The molecule has 162 valence electrons. The number of hydrazone groups is 1. The second-order valence-electron chi connectivity index (χ2n) is 5.50. The minimum Gasteiger partial charge on any atom is -1.00 e. The van der Waals surface area contributed by atoms with Gasteiger partial charge < -0.3 is 34.9 Å². The third-order valence-corrected chi connectivity index (χ3v) is 3.35. The normalized spacial score (nSPS) is 8.62. The van der Waals surface area contributed by atoms with Gasteiger partial charge in [-0.15, -0.1) is 0 Å². The number of para-hydroxylation sites is 1. The molecule has 4 aromatic rings. The van der Waals surface area contributed by atoms with Crippen molar-refractivity contribution in [2.24, 2.45) is 5.10 Å². The standard InChI is InChI=1S/C12H11N3O2.2C6H5.2ClH.Sn/c16-11-6-2-1-5-10(11)12(17)15-14-8-9-4-3-7-13-9;2*1-2-4-6-5-3-1;;;/h1-8,13,16H,(H,15,17);2*1-5H;2*1H;/q;2*-1;;;+4/p-2/b14-8+;;;;;. The molecule has 0 aliphatic carbocycles. The van der Waals surface area contributed by atoms with Gasteiger partial charge in [0, 0.05) is 6.20 Å². The summed E-state index contributed by atoms with van der Waals surface area (Å²) in [4.78, 5) is 14.5. The molecule has 32 heavy (non-hydrogen) atoms. The number of rotatable bonds is 3. The number of carbonyl (C=O) groups excluding carboxylic acids is 1. The number of amides is 1. The number of carbonyl (C=O) groups is 1. The van der Waals surface area contributed by atoms with Crippen LogP contribution >= 0.6 is 0 Å². The van der Waals surface area contributed by atoms with Gasteiger partial charge in [-0.3, -0.25) is 4.79 Å². The SMILES string of the molecule is O=C(N/N=C/c1ccc[nH]1)c1ccccc1O.[Cl-].[Cl-].[Sn+4].[c-]1ccccc1.[c-]1ccccc1. The Balaban J connectivity index is 0. The molecule has 0 saturated carbocycles. The molecule has 3 N–H and O–H groups in total. The van der Waals surface area contributed by atoms with E-state index in [4.69, 9.17) is 0 Å². The summed E-state index contributed by atoms with van der Waals surface area (Å²) in [5, 5.41) is 13.2. The number of aromatic nitrogens is 1. The topological polar surface area (TPSA) is 77.5 Å². The monoisotopic (exact) mass is 573 g/mol. The molecule has 0 aliphatic rings. The van der Waals surface area contributed by atoms with E-state index in [1.54, 1.807) is 18.3 Å². The van der Waals surface area contributed by atoms with E-state index in [2.05, 4.69) is 27.6 Å². The first-order valence-corrected chi connectivity index (χ1v) is 8.84. The van der Waals surface area contributed by atoms with Crippen LogP contribution in [0.2, 0.25) is 0 Å². The van der Waals surface area contributed by atoms with Crippen LogP contribution in [0.3, 0.4) is 0 Å². The average molecular weight is 573 g/mol. The quantitative estimate of drug-likeness (QED) is 0.116. The van der Waals surface area contributed by atoms with Crippen molar-refractivity contribution in [3.05, 3.63) is 127 Å². The maximum Gasteiger partial charge on any atom is 4.00 e. The Morgan fingerprint density at radius 1 is 0.844 bits per heavy atom. The van der Waals surface area contributed by atoms with Crippen molar-refractivity contribution < 1.29 is 34.7 Å². The summed E-state index contributed by atoms with van der Waals surface area (Å²) in [6.45, 7) is 0. The summed E-state index contributed by atoms with van der Waals surface area (Å²) >= 11 is 0. The Morgan fingerprint density at radius 2 is 1.41 bits per heavy atom. The molecule has 5 nitrogen and oxygen atoms in total. The Labute approximate surface area is 217 Å². The van der Waals surface area contributed by atoms with Crippen molar-refractivity contribution in [1.82, 2.24) is 10.4 Å². The van der Waals surface area contributed by atoms with Gasteiger partial charge in [0.1, 0.15) is 5.75 Å². The summed E-state index contributed by atoms with van der Waals surface area (Å²) < 4.78 is 0. The van der Waals surface area contributed by atoms with E-state index >= 15 is 0 Å². The summed E-state index contributed by atoms with van der Waals surface area (Å²) in [6.07, 6.45) is 3.24. The molecular weight excluding hydrogens is 552 g/mol. The molecule has 8 heteroatoms. The van der Waals surface area contributed by atoms with Crippen LogP contribution in [0, 0.1) is 12.1 Å². The molecule has 1 aromatic heterocycles. The number of hydrogen-bond donors (Lipinski definition) is 3. The Bertz CT molecular complexity index is 886. The molecule has 0 atom stereocenters. The molecule has 0 saturated heterocycles. The predicted octanol–water partition coefficient (Wildman–Crippen LogP) is -1.92. The van der Waals surface area contributed by atoms with Crippen molar-refractivity contribution in [2.75, 3.05) is 0 Å². The molecule has 1 amide bonds. The smallest absolute Gasteiger partial charge is 1.00 e. The van der Waals surface area contributed by atoms with Gasteiger partial charge in [-0.1, -0.05) is 12.1 Å². The fourth-order valence-corrected chi connectivity index (χ4v) is 1.99. The van der Waals surface area contributed by atoms with Crippen molar-refractivity contribution in [2.45, 2.75) is 0 Å². The zero-order valence-corrected chi connectivity index (χ0v) is 21.3. The summed E-state index contributed by atoms with van der Waals surface area (Å²) in [7, 11) is 0. The van der Waals surface area contributed by atoms with Gasteiger partial charge in [-0.2, -0.15) is 77.9 Å². The molecule has 0 fully saturated rings. The van der Waals surface area contributed by atoms with E-state index in [-0.39, 0.29) is 60.0 Å². The largest absolute Gasteiger partial charge is 4.00 e. The van der Waals surface area contributed by atoms with Gasteiger partial charge in [0.25, 0.3) is 5.91 Å². The number of hydrogen-bond acceptors (Lipinski definition) is 3. The molecule has 0 bridgehead atoms. The van der Waals surface area contributed by atoms with Crippen LogP contribution in [0.4, 0.5) is 0 Å². The van der Waals surface area contributed by atoms with Crippen LogP contribution in [-0.4, -0.2) is 46.1 Å². The zero-order chi connectivity index (χ0) is 20.6. The number of aromatic hydroxyl groups is 1. The Morgan fingerprint density at radius 3 is 1.81 bits per heavy atom. The fourth-order valence-electron chi connectivity index (χ4n) is 1.99. The third-order valence-electron chi connectivity index (χ3n) is 3.35. The van der Waals surface area contributed by atoms with Crippen LogP contribution in [0.15, 0.2) is 108 Å². The zero-order valence-electron chi connectivity index (χ0n) is 17.0. The van der Waals surface area contributed by atoms with Crippen LogP contribution in [0.5, 0.6) is 5.75 Å². The van der Waals surface area contributed by atoms with Gasteiger partial charge in [0.2, 0.25) is 0 Å². The first kappa shape index (κ1) is 31.4. The predicted molar refractivity (Wildman–Crippen MR) is 120 cm³/mol. The van der Waals surface area contributed by atoms with Crippen LogP contribution in [-0.2, 0) is 0 Å². The van der Waals surface area contributed by atoms with E-state index < -0.39 is 5.91 Å². The molecule has 0 aliphatic heterocycles. The number of nitrogens with zero attached hydrogens (tertiary/aromatic N) is 1. The molecule has 1 heterocycles. The molecule has 0 unspecified atom stereocenters. The van der Waals surface area contributed by atoms with E-state index in [0.29, 0.717) is 0 Å². The number of aromatic amines is 1. The second-order valence-corrected chi connectivity index (χ2v) is 5.50. The number of phenolic OH excluding ortho intramolecular Hbond substituents is 1. The molecule has 4 rings (SSSR count). The average Bonchev–Trinajstić information content (AvgIpc) is 3.31. The minimum absolute atomic E-state index is 0. The third kappa shape index (κ3) is 13.5. The first-order valence-electron chi connectivity index (χ1n) is 8.84. The van der Waals surface area contributed by atoms with Crippen molar-refractivity contribution in [3.8, 4) is 5.75 Å². The minimum atomic E-state index is -0.453. The summed E-state index contributed by atoms with van der Waals surface area (Å²) in [6, 6.07) is 34.9. The Hall–Kier alpha value is -2.74. The van der Waals surface area contributed by atoms with Gasteiger partial charge >= 0.3 is 23.9 Å². The van der Waals surface area contributed by atoms with E-state index in [0.717, 1.165) is 5.69 Å². The number of phenols is 1. The van der Waals surface area contributed by atoms with Crippen LogP contribution in [0.25, 0.3) is 0 Å². The number of H-pyrrole nitrogens is 1. The van der Waals surface area contributed by atoms with E-state index in [1.165, 1.54) is 18.3 Å². The molecule has 0 spiro atoms. The van der Waals surface area contributed by atoms with Crippen molar-refractivity contribution >= 4 is 36.0 Å². The van der Waals surface area contributed by atoms with E-state index in [1.807, 2.05) is 72.8 Å². The molecular formula is C24H21Cl2N3O2Sn. The van der Waals surface area contributed by atoms with Crippen LogP contribution < -0.4 is 30.2 Å². The fraction of sp³-hybridized carbons (Fsp3) is 0. The van der Waals surface area contributed by atoms with Crippen molar-refractivity contribution in [3.63, 3.8) is 0 Å².